The maximum Gasteiger partial charge on any atom is 0.407 e. The van der Waals surface area contributed by atoms with Crippen LogP contribution < -0.4 is 20.1 Å². The van der Waals surface area contributed by atoms with Crippen LogP contribution in [0, 0.1) is 11.8 Å². The number of imidazole rings is 2. The minimum atomic E-state index is -0.806. The number of amides is 4. The van der Waals surface area contributed by atoms with Crippen LogP contribution in [0.5, 0.6) is 11.5 Å². The maximum absolute atomic E-state index is 14.1. The molecular formula is C46H56Cl2N8O8. The van der Waals surface area contributed by atoms with E-state index in [0.717, 1.165) is 46.2 Å². The molecule has 0 spiro atoms. The Morgan fingerprint density at radius 1 is 0.719 bits per heavy atom. The number of alkyl carbamates (subject to hydrolysis) is 2. The number of aromatic amines is 2. The minimum Gasteiger partial charge on any atom is -0.488 e. The lowest BCUT2D eigenvalue weighted by atomic mass is 9.87. The number of nitrogens with one attached hydrogen (secondary N) is 4. The number of H-pyrrole nitrogens is 2. The highest BCUT2D eigenvalue weighted by molar-refractivity contribution is 6.32. The molecule has 0 saturated carbocycles. The molecule has 2 saturated heterocycles. The van der Waals surface area contributed by atoms with Crippen molar-refractivity contribution in [2.45, 2.75) is 116 Å². The maximum atomic E-state index is 14.1. The fourth-order valence-electron chi connectivity index (χ4n) is 9.76. The van der Waals surface area contributed by atoms with E-state index in [9.17, 15) is 19.2 Å². The number of nitrogens with zero attached hydrogens (tertiary/aromatic N) is 4. The molecule has 4 aliphatic rings. The van der Waals surface area contributed by atoms with Gasteiger partial charge in [-0.25, -0.2) is 19.6 Å². The van der Waals surface area contributed by atoms with Gasteiger partial charge < -0.3 is 49.3 Å². The Balaban J connectivity index is 1.07. The molecule has 6 heterocycles. The number of hydrogen-bond acceptors (Lipinski definition) is 10. The van der Waals surface area contributed by atoms with Crippen LogP contribution in [0.3, 0.4) is 0 Å². The number of rotatable bonds is 12. The van der Waals surface area contributed by atoms with Gasteiger partial charge in [0, 0.05) is 46.5 Å². The third kappa shape index (κ3) is 7.69. The van der Waals surface area contributed by atoms with Gasteiger partial charge in [-0.1, -0.05) is 63.7 Å². The third-order valence-corrected chi connectivity index (χ3v) is 14.5. The van der Waals surface area contributed by atoms with Crippen LogP contribution in [-0.2, 0) is 43.4 Å². The zero-order chi connectivity index (χ0) is 45.8. The number of likely N-dealkylation sites (tertiary alicyclic amines) is 2. The molecule has 18 heteroatoms. The summed E-state index contributed by atoms with van der Waals surface area (Å²) in [4.78, 5) is 72.8. The molecule has 0 radical (unpaired) electrons. The lowest BCUT2D eigenvalue weighted by Gasteiger charge is -2.37. The normalized spacial score (nSPS) is 21.5. The number of hydrogen-bond donors (Lipinski definition) is 4. The van der Waals surface area contributed by atoms with Crippen LogP contribution in [0.4, 0.5) is 9.59 Å². The van der Waals surface area contributed by atoms with Gasteiger partial charge in [0.1, 0.15) is 48.4 Å². The van der Waals surface area contributed by atoms with Gasteiger partial charge in [-0.3, -0.25) is 9.59 Å². The molecule has 0 bridgehead atoms. The molecule has 6 atom stereocenters. The van der Waals surface area contributed by atoms with E-state index in [2.05, 4.69) is 20.6 Å². The van der Waals surface area contributed by atoms with Crippen molar-refractivity contribution in [1.82, 2.24) is 40.4 Å². The lowest BCUT2D eigenvalue weighted by molar-refractivity contribution is -0.139. The molecule has 4 aliphatic heterocycles. The standard InChI is InChI=1S/C46H56Cl2N8O8/c1-9-23(3)33(51-43(59)61-7)39(57)55-15-11-13-45(55,5)41-49-35(37(47)53-41)25-17-27-21-64-30-20-26(18-28-22-63-29(19-25)31(27)32(28)30)36-38(48)54-42(50-36)46(6)14-12-16-56(46)40(58)34(24(4)10-2)52-44(60)62-8/h17-20,23-24,33-34H,9-16,21-22H2,1-8H3,(H,49,53)(H,50,54)(H,51,59)(H,52,60)/t23-,24-,33-,34-,45-,46-/m0/s1. The second-order valence-corrected chi connectivity index (χ2v) is 18.5. The van der Waals surface area contributed by atoms with Gasteiger partial charge in [0.05, 0.1) is 36.7 Å². The summed E-state index contributed by atoms with van der Waals surface area (Å²) in [6.07, 6.45) is 2.87. The van der Waals surface area contributed by atoms with Gasteiger partial charge >= 0.3 is 12.2 Å². The molecular weight excluding hydrogens is 863 g/mol. The fraction of sp³-hybridized carbons (Fsp3) is 0.522. The van der Waals surface area contributed by atoms with Gasteiger partial charge in [0.15, 0.2) is 10.3 Å². The number of aromatic nitrogens is 4. The summed E-state index contributed by atoms with van der Waals surface area (Å²) in [7, 11) is 2.56. The van der Waals surface area contributed by atoms with Crippen LogP contribution >= 0.6 is 23.2 Å². The Morgan fingerprint density at radius 2 is 1.11 bits per heavy atom. The zero-order valence-electron chi connectivity index (χ0n) is 37.5. The van der Waals surface area contributed by atoms with Gasteiger partial charge in [0.2, 0.25) is 11.8 Å². The summed E-state index contributed by atoms with van der Waals surface area (Å²) in [6, 6.07) is 6.42. The largest absolute Gasteiger partial charge is 0.488 e. The third-order valence-electron chi connectivity index (χ3n) is 14.0. The van der Waals surface area contributed by atoms with Crippen LogP contribution in [0.1, 0.15) is 103 Å². The van der Waals surface area contributed by atoms with E-state index < -0.39 is 35.3 Å². The first-order valence-electron chi connectivity index (χ1n) is 22.0. The minimum absolute atomic E-state index is 0.127. The molecule has 64 heavy (non-hydrogen) atoms. The molecule has 4 N–H and O–H groups in total. The highest BCUT2D eigenvalue weighted by atomic mass is 35.5. The van der Waals surface area contributed by atoms with E-state index in [1.165, 1.54) is 14.2 Å². The quantitative estimate of drug-likeness (QED) is 0.107. The average molecular weight is 920 g/mol. The second-order valence-electron chi connectivity index (χ2n) is 17.8. The molecule has 4 amide bonds. The van der Waals surface area contributed by atoms with E-state index in [1.807, 2.05) is 65.8 Å². The highest BCUT2D eigenvalue weighted by Gasteiger charge is 2.48. The van der Waals surface area contributed by atoms with E-state index in [4.69, 9.17) is 52.1 Å². The van der Waals surface area contributed by atoms with Crippen molar-refractivity contribution >= 4 is 47.2 Å². The van der Waals surface area contributed by atoms with E-state index in [-0.39, 0.29) is 47.2 Å². The molecule has 0 aliphatic carbocycles. The summed E-state index contributed by atoms with van der Waals surface area (Å²) in [6.45, 7) is 13.3. The number of halogens is 2. The van der Waals surface area contributed by atoms with Gasteiger partial charge in [-0.2, -0.15) is 0 Å². The van der Waals surface area contributed by atoms with Gasteiger partial charge in [-0.05, 0) is 75.6 Å². The SMILES string of the molecule is CC[C@H](C)[C@H](NC(=O)OC)C(=O)N1CCC[C@@]1(C)c1nc(Cl)c(-c2cc3c4c(c2)OCc2cc(-c5[nH]c([C@]6(C)CCCN6C(=O)[C@@H](NC(=O)OC)[C@@H](C)CC)nc5Cl)cc(c2-4)OC3)[nH]1. The van der Waals surface area contributed by atoms with E-state index >= 15 is 0 Å². The number of carbonyl (C=O) groups excluding carboxylic acids is 4. The van der Waals surface area contributed by atoms with Crippen molar-refractivity contribution in [3.05, 3.63) is 57.3 Å². The number of benzene rings is 2. The van der Waals surface area contributed by atoms with Crippen molar-refractivity contribution in [3.8, 4) is 45.1 Å². The second kappa shape index (κ2) is 17.5. The van der Waals surface area contributed by atoms with Crippen molar-refractivity contribution < 1.29 is 38.1 Å². The Kier molecular flexibility index (Phi) is 12.3. The number of methoxy groups -OCH3 is 2. The van der Waals surface area contributed by atoms with Crippen LogP contribution in [0.15, 0.2) is 24.3 Å². The Bertz CT molecular complexity index is 2290. The summed E-state index contributed by atoms with van der Waals surface area (Å²) < 4.78 is 22.6. The van der Waals surface area contributed by atoms with E-state index in [0.29, 0.717) is 73.3 Å². The molecule has 0 unspecified atom stereocenters. The average Bonchev–Trinajstić information content (AvgIpc) is 4.10. The lowest BCUT2D eigenvalue weighted by Crippen LogP contribution is -2.55. The summed E-state index contributed by atoms with van der Waals surface area (Å²) in [5, 5.41) is 6.03. The van der Waals surface area contributed by atoms with Crippen molar-refractivity contribution in [1.29, 1.82) is 0 Å². The van der Waals surface area contributed by atoms with Crippen LogP contribution in [0.2, 0.25) is 10.3 Å². The molecule has 342 valence electrons. The number of ether oxygens (including phenoxy) is 4. The van der Waals surface area contributed by atoms with Crippen molar-refractivity contribution in [3.63, 3.8) is 0 Å². The summed E-state index contributed by atoms with van der Waals surface area (Å²) in [5.41, 5.74) is 4.78. The molecule has 8 rings (SSSR count). The Hall–Kier alpha value is -5.48. The first-order valence-corrected chi connectivity index (χ1v) is 22.8. The first-order chi connectivity index (χ1) is 30.6. The fourth-order valence-corrected chi connectivity index (χ4v) is 10.2. The summed E-state index contributed by atoms with van der Waals surface area (Å²) in [5.74, 6) is 1.80. The van der Waals surface area contributed by atoms with E-state index in [1.54, 1.807) is 9.80 Å². The Morgan fingerprint density at radius 3 is 1.47 bits per heavy atom. The van der Waals surface area contributed by atoms with Crippen LogP contribution in [-0.4, -0.2) is 93.1 Å². The first kappa shape index (κ1) is 45.1. The van der Waals surface area contributed by atoms with Gasteiger partial charge in [-0.15, -0.1) is 0 Å². The highest BCUT2D eigenvalue weighted by Crippen LogP contribution is 2.52. The molecule has 2 aromatic heterocycles. The zero-order valence-corrected chi connectivity index (χ0v) is 39.0. The topological polar surface area (TPSA) is 193 Å². The molecule has 16 nitrogen and oxygen atoms in total. The summed E-state index contributed by atoms with van der Waals surface area (Å²) >= 11 is 13.8. The number of carbonyl (C=O) groups is 4. The smallest absolute Gasteiger partial charge is 0.407 e. The molecule has 2 aromatic carbocycles. The van der Waals surface area contributed by atoms with Gasteiger partial charge in [0.25, 0.3) is 0 Å². The van der Waals surface area contributed by atoms with Crippen LogP contribution in [0.25, 0.3) is 33.6 Å². The molecule has 2 fully saturated rings. The molecule has 4 aromatic rings. The predicted molar refractivity (Wildman–Crippen MR) is 240 cm³/mol. The predicted octanol–water partition coefficient (Wildman–Crippen LogP) is 8.44. The Labute approximate surface area is 382 Å². The monoisotopic (exact) mass is 918 g/mol. The van der Waals surface area contributed by atoms with Crippen molar-refractivity contribution in [2.75, 3.05) is 27.3 Å². The van der Waals surface area contributed by atoms with Crippen molar-refractivity contribution in [2.24, 2.45) is 11.8 Å².